The van der Waals surface area contributed by atoms with Crippen LogP contribution in [0.3, 0.4) is 0 Å². The van der Waals surface area contributed by atoms with Gasteiger partial charge < -0.3 is 5.73 Å². The molecule has 0 amide bonds. The molecule has 1 unspecified atom stereocenters. The van der Waals surface area contributed by atoms with Crippen molar-refractivity contribution in [1.82, 2.24) is 4.90 Å². The van der Waals surface area contributed by atoms with Crippen LogP contribution in [0, 0.1) is 0 Å². The highest BCUT2D eigenvalue weighted by molar-refractivity contribution is 8.01. The summed E-state index contributed by atoms with van der Waals surface area (Å²) in [7, 11) is -3.04. The zero-order valence-electron chi connectivity index (χ0n) is 12.5. The van der Waals surface area contributed by atoms with Crippen LogP contribution in [0.1, 0.15) is 18.1 Å². The first-order chi connectivity index (χ1) is 10.1. The van der Waals surface area contributed by atoms with Crippen molar-refractivity contribution < 1.29 is 8.42 Å². The van der Waals surface area contributed by atoms with Crippen LogP contribution in [0.5, 0.6) is 0 Å². The molecule has 1 aromatic carbocycles. The van der Waals surface area contributed by atoms with Gasteiger partial charge in [0.2, 0.25) is 0 Å². The second-order valence-electron chi connectivity index (χ2n) is 5.26. The fourth-order valence-corrected chi connectivity index (χ4v) is 5.73. The minimum atomic E-state index is -3.04. The van der Waals surface area contributed by atoms with Gasteiger partial charge in [0.15, 0.2) is 9.84 Å². The van der Waals surface area contributed by atoms with E-state index < -0.39 is 9.84 Å². The highest BCUT2D eigenvalue weighted by atomic mass is 32.2. The second-order valence-corrected chi connectivity index (χ2v) is 8.86. The van der Waals surface area contributed by atoms with E-state index in [2.05, 4.69) is 17.0 Å². The molecule has 118 valence electrons. The molecule has 0 saturated carbocycles. The quantitative estimate of drug-likeness (QED) is 0.857. The minimum Gasteiger partial charge on any atom is -0.330 e. The van der Waals surface area contributed by atoms with Gasteiger partial charge in [0.25, 0.3) is 0 Å². The Morgan fingerprint density at radius 1 is 1.33 bits per heavy atom. The van der Waals surface area contributed by atoms with E-state index in [-0.39, 0.29) is 11.1 Å². The summed E-state index contributed by atoms with van der Waals surface area (Å²) in [6.07, 6.45) is 0.837. The summed E-state index contributed by atoms with van der Waals surface area (Å²) >= 11 is 1.73. The van der Waals surface area contributed by atoms with E-state index in [0.717, 1.165) is 18.7 Å². The smallest absolute Gasteiger partial charge is 0.166 e. The summed E-state index contributed by atoms with van der Waals surface area (Å²) < 4.78 is 24.6. The Morgan fingerprint density at radius 2 is 2.05 bits per heavy atom. The monoisotopic (exact) mass is 328 g/mol. The van der Waals surface area contributed by atoms with Crippen LogP contribution < -0.4 is 5.73 Å². The molecule has 0 aromatic heterocycles. The molecule has 4 nitrogen and oxygen atoms in total. The van der Waals surface area contributed by atoms with E-state index in [1.165, 1.54) is 11.1 Å². The number of thioether (sulfide) groups is 1. The first-order valence-corrected chi connectivity index (χ1v) is 10.3. The lowest BCUT2D eigenvalue weighted by Gasteiger charge is -2.35. The Balaban J connectivity index is 2.20. The fourth-order valence-electron chi connectivity index (χ4n) is 2.65. The molecule has 2 N–H and O–H groups in total. The molecule has 1 aliphatic rings. The van der Waals surface area contributed by atoms with Crippen LogP contribution in [-0.4, -0.2) is 49.0 Å². The molecule has 1 fully saturated rings. The number of sulfone groups is 1. The second kappa shape index (κ2) is 7.63. The maximum atomic E-state index is 12.3. The molecule has 21 heavy (non-hydrogen) atoms. The summed E-state index contributed by atoms with van der Waals surface area (Å²) in [4.78, 5) is 2.12. The lowest BCUT2D eigenvalue weighted by Crippen LogP contribution is -2.47. The number of benzene rings is 1. The Labute approximate surface area is 132 Å². The van der Waals surface area contributed by atoms with Gasteiger partial charge >= 0.3 is 0 Å². The summed E-state index contributed by atoms with van der Waals surface area (Å²) in [6, 6.07) is 8.20. The normalized spacial score (nSPS) is 20.6. The van der Waals surface area contributed by atoms with Crippen molar-refractivity contribution in [3.05, 3.63) is 35.4 Å². The topological polar surface area (TPSA) is 63.4 Å². The molecule has 1 aromatic rings. The van der Waals surface area contributed by atoms with E-state index in [1.807, 2.05) is 12.1 Å². The van der Waals surface area contributed by atoms with Crippen molar-refractivity contribution >= 4 is 21.6 Å². The lowest BCUT2D eigenvalue weighted by molar-refractivity contribution is 0.261. The molecule has 0 bridgehead atoms. The van der Waals surface area contributed by atoms with Crippen LogP contribution in [0.2, 0.25) is 0 Å². The maximum absolute atomic E-state index is 12.3. The molecule has 0 radical (unpaired) electrons. The van der Waals surface area contributed by atoms with Gasteiger partial charge in [-0.3, -0.25) is 4.90 Å². The van der Waals surface area contributed by atoms with Crippen molar-refractivity contribution in [3.8, 4) is 0 Å². The van der Waals surface area contributed by atoms with Crippen molar-refractivity contribution in [2.75, 3.05) is 30.3 Å². The summed E-state index contributed by atoms with van der Waals surface area (Å²) in [6.45, 7) is 3.87. The van der Waals surface area contributed by atoms with Crippen molar-refractivity contribution in [2.45, 2.75) is 25.3 Å². The number of rotatable bonds is 6. The number of nitrogens with two attached hydrogens (primary N) is 1. The van der Waals surface area contributed by atoms with Gasteiger partial charge in [-0.25, -0.2) is 8.42 Å². The SMILES string of the molecule is CCS(=O)(=O)C1CSCCN1Cc1ccccc1CCN. The van der Waals surface area contributed by atoms with Gasteiger partial charge in [-0.05, 0) is 24.1 Å². The predicted octanol–water partition coefficient (Wildman–Crippen LogP) is 1.50. The number of hydrogen-bond acceptors (Lipinski definition) is 5. The van der Waals surface area contributed by atoms with Crippen molar-refractivity contribution in [3.63, 3.8) is 0 Å². The lowest BCUT2D eigenvalue weighted by atomic mass is 10.0. The Hall–Kier alpha value is -0.560. The Morgan fingerprint density at radius 3 is 2.71 bits per heavy atom. The summed E-state index contributed by atoms with van der Waals surface area (Å²) in [5.41, 5.74) is 8.10. The zero-order valence-corrected chi connectivity index (χ0v) is 14.1. The van der Waals surface area contributed by atoms with E-state index in [1.54, 1.807) is 18.7 Å². The van der Waals surface area contributed by atoms with Crippen molar-refractivity contribution in [2.24, 2.45) is 5.73 Å². The van der Waals surface area contributed by atoms with E-state index in [4.69, 9.17) is 5.73 Å². The van der Waals surface area contributed by atoms with Gasteiger partial charge in [-0.1, -0.05) is 31.2 Å². The molecule has 2 rings (SSSR count). The van der Waals surface area contributed by atoms with Crippen LogP contribution in [0.4, 0.5) is 0 Å². The molecular formula is C15H24N2O2S2. The highest BCUT2D eigenvalue weighted by Gasteiger charge is 2.32. The predicted molar refractivity (Wildman–Crippen MR) is 90.2 cm³/mol. The average molecular weight is 329 g/mol. The Kier molecular flexibility index (Phi) is 6.10. The summed E-state index contributed by atoms with van der Waals surface area (Å²) in [5.74, 6) is 1.88. The average Bonchev–Trinajstić information content (AvgIpc) is 2.50. The first-order valence-electron chi connectivity index (χ1n) is 7.38. The Bertz CT molecular complexity index is 561. The largest absolute Gasteiger partial charge is 0.330 e. The van der Waals surface area contributed by atoms with Crippen LogP contribution in [0.25, 0.3) is 0 Å². The van der Waals surface area contributed by atoms with E-state index in [0.29, 0.717) is 18.8 Å². The molecule has 1 atom stereocenters. The van der Waals surface area contributed by atoms with Gasteiger partial charge in [0, 0.05) is 30.3 Å². The third kappa shape index (κ3) is 4.22. The summed E-state index contributed by atoms with van der Waals surface area (Å²) in [5, 5.41) is -0.354. The third-order valence-corrected chi connectivity index (χ3v) is 7.25. The van der Waals surface area contributed by atoms with Crippen LogP contribution in [-0.2, 0) is 22.8 Å². The third-order valence-electron chi connectivity index (χ3n) is 3.91. The van der Waals surface area contributed by atoms with E-state index >= 15 is 0 Å². The van der Waals surface area contributed by atoms with Crippen LogP contribution >= 0.6 is 11.8 Å². The molecule has 0 spiro atoms. The zero-order chi connectivity index (χ0) is 15.3. The van der Waals surface area contributed by atoms with Crippen LogP contribution in [0.15, 0.2) is 24.3 Å². The van der Waals surface area contributed by atoms with Crippen molar-refractivity contribution in [1.29, 1.82) is 0 Å². The van der Waals surface area contributed by atoms with Gasteiger partial charge in [-0.15, -0.1) is 0 Å². The fraction of sp³-hybridized carbons (Fsp3) is 0.600. The van der Waals surface area contributed by atoms with Gasteiger partial charge in [0.05, 0.1) is 0 Å². The molecular weight excluding hydrogens is 304 g/mol. The van der Waals surface area contributed by atoms with E-state index in [9.17, 15) is 8.42 Å². The maximum Gasteiger partial charge on any atom is 0.166 e. The molecule has 1 heterocycles. The number of nitrogens with zero attached hydrogens (tertiary/aromatic N) is 1. The molecule has 0 aliphatic carbocycles. The molecule has 6 heteroatoms. The molecule has 1 saturated heterocycles. The van der Waals surface area contributed by atoms with Gasteiger partial charge in [-0.2, -0.15) is 11.8 Å². The molecule has 1 aliphatic heterocycles. The van der Waals surface area contributed by atoms with Gasteiger partial charge in [0.1, 0.15) is 5.37 Å². The number of hydrogen-bond donors (Lipinski definition) is 1. The highest BCUT2D eigenvalue weighted by Crippen LogP contribution is 2.24. The minimum absolute atomic E-state index is 0.208. The standard InChI is InChI=1S/C15H24N2O2S2/c1-2-21(18,19)15-12-20-10-9-17(15)11-14-6-4-3-5-13(14)7-8-16/h3-6,15H,2,7-12,16H2,1H3. The first kappa shape index (κ1) is 16.8.